The van der Waals surface area contributed by atoms with Crippen molar-refractivity contribution in [2.75, 3.05) is 70.4 Å². The maximum Gasteiger partial charge on any atom is 0.410 e. The minimum absolute atomic E-state index is 0.135. The highest BCUT2D eigenvalue weighted by atomic mass is 35.5. The molecule has 4 heterocycles. The Hall–Kier alpha value is -2.86. The number of carbonyl (C=O) groups is 2. The first-order valence-electron chi connectivity index (χ1n) is 21.7. The number of halogens is 1. The molecule has 314 valence electrons. The van der Waals surface area contributed by atoms with E-state index in [1.165, 1.54) is 24.0 Å². The van der Waals surface area contributed by atoms with Crippen LogP contribution in [0, 0.1) is 23.7 Å². The number of rotatable bonds is 5. The summed E-state index contributed by atoms with van der Waals surface area (Å²) in [5.74, 6) is 2.48. The number of ether oxygens (including phenoxy) is 2. The van der Waals surface area contributed by atoms with E-state index in [9.17, 15) is 13.8 Å². The Morgan fingerprint density at radius 1 is 0.982 bits per heavy atom. The molecule has 57 heavy (non-hydrogen) atoms. The van der Waals surface area contributed by atoms with Crippen LogP contribution in [0.3, 0.4) is 0 Å². The number of hydrogen-bond acceptors (Lipinski definition) is 8. The van der Waals surface area contributed by atoms with Crippen LogP contribution in [-0.2, 0) is 22.1 Å². The number of benzene rings is 2. The Labute approximate surface area is 348 Å². The molecule has 10 nitrogen and oxygen atoms in total. The maximum atomic E-state index is 13.6. The highest BCUT2D eigenvalue weighted by Crippen LogP contribution is 2.46. The molecule has 2 aromatic rings. The van der Waals surface area contributed by atoms with Gasteiger partial charge >= 0.3 is 6.09 Å². The van der Waals surface area contributed by atoms with Crippen LogP contribution in [0.25, 0.3) is 0 Å². The molecule has 5 aliphatic rings. The Morgan fingerprint density at radius 3 is 2.54 bits per heavy atom. The fraction of sp³-hybridized carbons (Fsp3) is 0.689. The Morgan fingerprint density at radius 2 is 1.79 bits per heavy atom. The fourth-order valence-electron chi connectivity index (χ4n) is 10.0. The number of nitrogens with one attached hydrogen (secondary N) is 1. The van der Waals surface area contributed by atoms with E-state index in [2.05, 4.69) is 45.4 Å². The van der Waals surface area contributed by atoms with Gasteiger partial charge in [-0.25, -0.2) is 9.00 Å². The van der Waals surface area contributed by atoms with Crippen LogP contribution in [0.4, 0.5) is 10.5 Å². The molecule has 3 fully saturated rings. The van der Waals surface area contributed by atoms with Gasteiger partial charge in [-0.05, 0) is 125 Å². The SMILES string of the molecule is CCCc1cc(Cl)ccc1C1COc2ccc3cc2N(C1)CC1CCC1C(CN1CCN2CCN(C(=O)OC(C)(C)C)CC2C1)CCCC(C)C(C)S(=O)NC3=O. The van der Waals surface area contributed by atoms with Gasteiger partial charge < -0.3 is 24.2 Å². The van der Waals surface area contributed by atoms with Gasteiger partial charge in [0, 0.05) is 81.4 Å². The van der Waals surface area contributed by atoms with E-state index < -0.39 is 16.6 Å². The first kappa shape index (κ1) is 42.3. The summed E-state index contributed by atoms with van der Waals surface area (Å²) in [6.07, 6.45) is 7.37. The van der Waals surface area contributed by atoms with Gasteiger partial charge in [-0.3, -0.25) is 14.4 Å². The molecule has 7 rings (SSSR count). The summed E-state index contributed by atoms with van der Waals surface area (Å²) in [6.45, 7) is 20.8. The van der Waals surface area contributed by atoms with Gasteiger partial charge in [0.05, 0.1) is 17.5 Å². The minimum atomic E-state index is -1.51. The average Bonchev–Trinajstić information content (AvgIpc) is 3.33. The standard InChI is InChI=1S/C45H66ClN5O5S/c1-7-9-32-22-37(46)14-16-39(32)36-26-51-25-35-12-15-40(35)34(24-48-18-19-49-20-21-50(28-38(49)27-48)44(53)56-45(4,5)6)11-8-10-30(2)31(3)57(54)47-43(52)33-13-17-42(55-29-36)41(51)23-33/h13-14,16-17,22-23,30-31,34-36,38,40H,7-12,15,18-21,24-29H2,1-6H3,(H,47,52). The topological polar surface area (TPSA) is 94.7 Å². The number of hydrogen-bond donors (Lipinski definition) is 1. The van der Waals surface area contributed by atoms with Crippen molar-refractivity contribution in [1.29, 1.82) is 0 Å². The zero-order valence-corrected chi connectivity index (χ0v) is 36.7. The van der Waals surface area contributed by atoms with Crippen LogP contribution in [-0.4, -0.2) is 113 Å². The second-order valence-electron chi connectivity index (χ2n) is 18.7. The van der Waals surface area contributed by atoms with Crippen LogP contribution in [0.1, 0.15) is 107 Å². The first-order chi connectivity index (χ1) is 27.3. The molecule has 1 N–H and O–H groups in total. The smallest absolute Gasteiger partial charge is 0.410 e. The zero-order chi connectivity index (χ0) is 40.4. The lowest BCUT2D eigenvalue weighted by Crippen LogP contribution is -2.63. The molecule has 2 aromatic carbocycles. The van der Waals surface area contributed by atoms with E-state index in [0.29, 0.717) is 49.1 Å². The maximum absolute atomic E-state index is 13.6. The predicted octanol–water partition coefficient (Wildman–Crippen LogP) is 7.76. The average molecular weight is 825 g/mol. The van der Waals surface area contributed by atoms with Gasteiger partial charge in [-0.15, -0.1) is 0 Å². The van der Waals surface area contributed by atoms with Gasteiger partial charge in [0.2, 0.25) is 0 Å². The Balaban J connectivity index is 1.15. The summed E-state index contributed by atoms with van der Waals surface area (Å²) < 4.78 is 28.8. The fourth-order valence-corrected chi connectivity index (χ4v) is 11.3. The zero-order valence-electron chi connectivity index (χ0n) is 35.1. The number of carbonyl (C=O) groups excluding carboxylic acids is 2. The van der Waals surface area contributed by atoms with E-state index >= 15 is 0 Å². The van der Waals surface area contributed by atoms with Crippen molar-refractivity contribution >= 4 is 40.3 Å². The van der Waals surface area contributed by atoms with E-state index in [0.717, 1.165) is 94.4 Å². The van der Waals surface area contributed by atoms with Gasteiger partial charge in [-0.1, -0.05) is 44.4 Å². The summed E-state index contributed by atoms with van der Waals surface area (Å²) in [5.41, 5.74) is 3.51. The number of piperazine rings is 2. The number of anilines is 1. The summed E-state index contributed by atoms with van der Waals surface area (Å²) in [7, 11) is -1.51. The third-order valence-electron chi connectivity index (χ3n) is 13.5. The molecule has 2 saturated heterocycles. The Kier molecular flexibility index (Phi) is 13.5. The van der Waals surface area contributed by atoms with Crippen LogP contribution in [0.2, 0.25) is 5.02 Å². The number of amides is 2. The molecule has 2 bridgehead atoms. The lowest BCUT2D eigenvalue weighted by molar-refractivity contribution is -0.0225. The predicted molar refractivity (Wildman–Crippen MR) is 230 cm³/mol. The summed E-state index contributed by atoms with van der Waals surface area (Å²) in [4.78, 5) is 36.3. The van der Waals surface area contributed by atoms with E-state index in [1.807, 2.05) is 56.9 Å². The third-order valence-corrected chi connectivity index (χ3v) is 15.3. The molecular weight excluding hydrogens is 758 g/mol. The largest absolute Gasteiger partial charge is 0.491 e. The molecule has 0 spiro atoms. The van der Waals surface area contributed by atoms with Crippen molar-refractivity contribution in [3.8, 4) is 5.75 Å². The monoisotopic (exact) mass is 823 g/mol. The molecule has 4 aliphatic heterocycles. The molecule has 2 amide bonds. The van der Waals surface area contributed by atoms with Crippen molar-refractivity contribution in [2.24, 2.45) is 23.7 Å². The molecule has 12 heteroatoms. The normalized spacial score (nSPS) is 30.5. The van der Waals surface area contributed by atoms with E-state index in [-0.39, 0.29) is 29.1 Å². The van der Waals surface area contributed by atoms with E-state index in [1.54, 1.807) is 0 Å². The quantitative estimate of drug-likeness (QED) is 0.328. The van der Waals surface area contributed by atoms with Gasteiger partial charge in [0.1, 0.15) is 22.3 Å². The van der Waals surface area contributed by atoms with Crippen molar-refractivity contribution in [3.63, 3.8) is 0 Å². The Bertz CT molecular complexity index is 1770. The van der Waals surface area contributed by atoms with Gasteiger partial charge in [0.25, 0.3) is 5.91 Å². The number of aryl methyl sites for hydroxylation is 1. The summed E-state index contributed by atoms with van der Waals surface area (Å²) in [5, 5.41) is 0.595. The van der Waals surface area contributed by atoms with Crippen LogP contribution in [0.15, 0.2) is 36.4 Å². The van der Waals surface area contributed by atoms with Gasteiger partial charge in [-0.2, -0.15) is 0 Å². The minimum Gasteiger partial charge on any atom is -0.491 e. The lowest BCUT2D eigenvalue weighted by atomic mass is 9.65. The lowest BCUT2D eigenvalue weighted by Gasteiger charge is -2.50. The second-order valence-corrected chi connectivity index (χ2v) is 20.6. The van der Waals surface area contributed by atoms with Crippen LogP contribution < -0.4 is 14.4 Å². The van der Waals surface area contributed by atoms with Crippen LogP contribution in [0.5, 0.6) is 5.75 Å². The highest BCUT2D eigenvalue weighted by Gasteiger charge is 2.42. The van der Waals surface area contributed by atoms with Crippen LogP contribution >= 0.6 is 11.6 Å². The van der Waals surface area contributed by atoms with Crippen molar-refractivity contribution in [3.05, 3.63) is 58.1 Å². The third kappa shape index (κ3) is 10.1. The molecule has 0 radical (unpaired) electrons. The van der Waals surface area contributed by atoms with Crippen molar-refractivity contribution in [1.82, 2.24) is 19.4 Å². The van der Waals surface area contributed by atoms with E-state index in [4.69, 9.17) is 21.1 Å². The number of nitrogens with zero attached hydrogens (tertiary/aromatic N) is 4. The molecular formula is C45H66ClN5O5S. The van der Waals surface area contributed by atoms with Gasteiger partial charge in [0.15, 0.2) is 0 Å². The molecule has 8 atom stereocenters. The first-order valence-corrected chi connectivity index (χ1v) is 23.3. The highest BCUT2D eigenvalue weighted by molar-refractivity contribution is 7.84. The summed E-state index contributed by atoms with van der Waals surface area (Å²) >= 11 is 6.52. The molecule has 1 aliphatic carbocycles. The van der Waals surface area contributed by atoms with Crippen molar-refractivity contribution in [2.45, 2.75) is 109 Å². The van der Waals surface area contributed by atoms with Crippen molar-refractivity contribution < 1.29 is 23.3 Å². The number of fused-ring (bicyclic) bond motifs is 3. The summed E-state index contributed by atoms with van der Waals surface area (Å²) in [6, 6.07) is 12.3. The molecule has 1 saturated carbocycles. The molecule has 0 aromatic heterocycles. The second kappa shape index (κ2) is 18.2. The molecule has 8 unspecified atom stereocenters.